The van der Waals surface area contributed by atoms with Crippen LogP contribution < -0.4 is 10.2 Å². The van der Waals surface area contributed by atoms with Gasteiger partial charge in [0.05, 0.1) is 21.8 Å². The predicted octanol–water partition coefficient (Wildman–Crippen LogP) is 3.89. The zero-order chi connectivity index (χ0) is 25.4. The van der Waals surface area contributed by atoms with Crippen LogP contribution >= 0.6 is 22.9 Å². The summed E-state index contributed by atoms with van der Waals surface area (Å²) >= 11 is 7.32. The zero-order valence-corrected chi connectivity index (χ0v) is 22.2. The van der Waals surface area contributed by atoms with Crippen molar-refractivity contribution in [3.05, 3.63) is 50.9 Å². The highest BCUT2D eigenvalue weighted by Crippen LogP contribution is 2.32. The number of carbonyl (C=O) groups is 2. The summed E-state index contributed by atoms with van der Waals surface area (Å²) in [7, 11) is -0.517. The Morgan fingerprint density at radius 2 is 2.00 bits per heavy atom. The van der Waals surface area contributed by atoms with E-state index in [2.05, 4.69) is 5.32 Å². The van der Waals surface area contributed by atoms with E-state index < -0.39 is 32.5 Å². The van der Waals surface area contributed by atoms with E-state index in [4.69, 9.17) is 11.6 Å². The monoisotopic (exact) mass is 529 g/mol. The lowest BCUT2D eigenvalue weighted by Gasteiger charge is -2.30. The van der Waals surface area contributed by atoms with Gasteiger partial charge in [-0.1, -0.05) is 18.5 Å². The molecule has 0 radical (unpaired) electrons. The van der Waals surface area contributed by atoms with Crippen LogP contribution in [0.2, 0.25) is 4.34 Å². The molecule has 0 saturated carbocycles. The van der Waals surface area contributed by atoms with Crippen molar-refractivity contribution in [2.24, 2.45) is 0 Å². The number of carbonyl (C=O) groups excluding carboxylic acids is 2. The van der Waals surface area contributed by atoms with Crippen LogP contribution in [0.25, 0.3) is 0 Å². The summed E-state index contributed by atoms with van der Waals surface area (Å²) in [6.45, 7) is 5.13. The zero-order valence-electron chi connectivity index (χ0n) is 19.8. The number of rotatable bonds is 8. The first-order valence-electron chi connectivity index (χ1n) is 10.8. The van der Waals surface area contributed by atoms with Crippen LogP contribution in [-0.4, -0.2) is 62.4 Å². The van der Waals surface area contributed by atoms with Crippen LogP contribution in [0.4, 0.5) is 10.1 Å². The molecule has 2 amide bonds. The topological polar surface area (TPSA) is 86.8 Å². The third kappa shape index (κ3) is 5.45. The van der Waals surface area contributed by atoms with Gasteiger partial charge in [-0.25, -0.2) is 12.8 Å². The molecule has 0 bridgehead atoms. The van der Waals surface area contributed by atoms with E-state index in [9.17, 15) is 22.4 Å². The summed E-state index contributed by atoms with van der Waals surface area (Å²) in [6, 6.07) is 6.76. The van der Waals surface area contributed by atoms with Gasteiger partial charge in [-0.05, 0) is 50.6 Å². The molecule has 1 aliphatic heterocycles. The molecule has 0 unspecified atom stereocenters. The van der Waals surface area contributed by atoms with Crippen molar-refractivity contribution in [1.29, 1.82) is 0 Å². The highest BCUT2D eigenvalue weighted by atomic mass is 35.5. The molecular formula is C23H29ClFN3O4S2. The molecule has 1 aromatic heterocycles. The van der Waals surface area contributed by atoms with Gasteiger partial charge in [-0.2, -0.15) is 0 Å². The maximum atomic E-state index is 14.8. The Labute approximate surface area is 208 Å². The molecule has 34 heavy (non-hydrogen) atoms. The maximum Gasteiger partial charge on any atom is 0.253 e. The van der Waals surface area contributed by atoms with Crippen molar-refractivity contribution in [3.8, 4) is 0 Å². The van der Waals surface area contributed by atoms with E-state index in [0.29, 0.717) is 10.8 Å². The fourth-order valence-electron chi connectivity index (χ4n) is 3.89. The van der Waals surface area contributed by atoms with Gasteiger partial charge < -0.3 is 9.80 Å². The number of benzene rings is 1. The summed E-state index contributed by atoms with van der Waals surface area (Å²) in [5.41, 5.74) is 0.245. The molecule has 0 aliphatic carbocycles. The summed E-state index contributed by atoms with van der Waals surface area (Å²) in [5.74, 6) is -1.80. The fourth-order valence-corrected chi connectivity index (χ4v) is 6.69. The molecule has 2 aromatic rings. The average Bonchev–Trinajstić information content (AvgIpc) is 3.33. The van der Waals surface area contributed by atoms with Crippen molar-refractivity contribution in [2.75, 3.05) is 31.3 Å². The highest BCUT2D eigenvalue weighted by Gasteiger charge is 2.42. The second kappa shape index (κ2) is 9.93. The van der Waals surface area contributed by atoms with E-state index in [0.717, 1.165) is 10.9 Å². The number of hydrogen-bond donors (Lipinski definition) is 1. The van der Waals surface area contributed by atoms with E-state index in [1.165, 1.54) is 47.1 Å². The van der Waals surface area contributed by atoms with Gasteiger partial charge >= 0.3 is 0 Å². The van der Waals surface area contributed by atoms with Crippen molar-refractivity contribution in [3.63, 3.8) is 0 Å². The lowest BCUT2D eigenvalue weighted by atomic mass is 10.1. The lowest BCUT2D eigenvalue weighted by Crippen LogP contribution is -2.54. The van der Waals surface area contributed by atoms with Gasteiger partial charge in [0.15, 0.2) is 9.84 Å². The van der Waals surface area contributed by atoms with Gasteiger partial charge in [-0.15, -0.1) is 11.3 Å². The quantitative estimate of drug-likeness (QED) is 0.560. The fraction of sp³-hybridized carbons (Fsp3) is 0.478. The lowest BCUT2D eigenvalue weighted by molar-refractivity contribution is -0.119. The Kier molecular flexibility index (Phi) is 7.76. The largest absolute Gasteiger partial charge is 0.345 e. The van der Waals surface area contributed by atoms with Gasteiger partial charge in [-0.3, -0.25) is 14.9 Å². The average molecular weight is 530 g/mol. The first-order valence-corrected chi connectivity index (χ1v) is 13.7. The summed E-state index contributed by atoms with van der Waals surface area (Å²) in [4.78, 5) is 27.2. The smallest absolute Gasteiger partial charge is 0.253 e. The Hall–Kier alpha value is -2.01. The molecule has 2 atom stereocenters. The van der Waals surface area contributed by atoms with Crippen LogP contribution in [0.3, 0.4) is 0 Å². The molecule has 11 heteroatoms. The molecule has 7 nitrogen and oxygen atoms in total. The first kappa shape index (κ1) is 26.6. The number of nitrogens with zero attached hydrogens (tertiary/aromatic N) is 2. The highest BCUT2D eigenvalue weighted by molar-refractivity contribution is 7.92. The molecular weight excluding hydrogens is 501 g/mol. The molecule has 0 spiro atoms. The van der Waals surface area contributed by atoms with Crippen LogP contribution in [0.1, 0.15) is 48.3 Å². The van der Waals surface area contributed by atoms with E-state index >= 15 is 0 Å². The van der Waals surface area contributed by atoms with Crippen LogP contribution in [0.15, 0.2) is 30.3 Å². The number of halogens is 2. The van der Waals surface area contributed by atoms with Gasteiger partial charge in [0.1, 0.15) is 10.7 Å². The Morgan fingerprint density at radius 3 is 2.56 bits per heavy atom. The number of nitrogens with one attached hydrogen (secondary N) is 1. The second-order valence-electron chi connectivity index (χ2n) is 9.18. The van der Waals surface area contributed by atoms with Crippen LogP contribution in [0.5, 0.6) is 0 Å². The molecule has 2 heterocycles. The molecule has 1 saturated heterocycles. The molecule has 1 aromatic carbocycles. The third-order valence-electron chi connectivity index (χ3n) is 5.95. The van der Waals surface area contributed by atoms with Crippen molar-refractivity contribution >= 4 is 50.3 Å². The first-order chi connectivity index (χ1) is 15.7. The van der Waals surface area contributed by atoms with E-state index in [1.807, 2.05) is 13.0 Å². The normalized spacial score (nSPS) is 17.8. The minimum absolute atomic E-state index is 0.0634. The summed E-state index contributed by atoms with van der Waals surface area (Å²) in [5, 5.41) is 2.99. The summed E-state index contributed by atoms with van der Waals surface area (Å²) < 4.78 is 41.7. The van der Waals surface area contributed by atoms with Crippen molar-refractivity contribution in [1.82, 2.24) is 10.2 Å². The Balaban J connectivity index is 1.72. The molecule has 3 rings (SSSR count). The van der Waals surface area contributed by atoms with Crippen LogP contribution in [-0.2, 0) is 14.6 Å². The van der Waals surface area contributed by atoms with Crippen molar-refractivity contribution in [2.45, 2.75) is 44.0 Å². The molecule has 1 aliphatic rings. The standard InChI is InChI=1S/C23H29ClFN3O4S2/c1-14(19-8-9-20(24)33-19)13-34(31,32)23(2,3)26-17-10-11-28(22(17)30)18-7-6-15(12-16(18)25)21(29)27(4)5/h6-9,12,14,17,26H,10-11,13H2,1-5H3/t14-,17-/m0/s1. The Bertz CT molecular complexity index is 1200. The number of hydrogen-bond acceptors (Lipinski definition) is 6. The van der Waals surface area contributed by atoms with E-state index in [1.54, 1.807) is 20.2 Å². The number of amides is 2. The minimum atomic E-state index is -3.66. The van der Waals surface area contributed by atoms with Gasteiger partial charge in [0, 0.05) is 37.0 Å². The number of sulfone groups is 1. The van der Waals surface area contributed by atoms with Crippen LogP contribution in [0, 0.1) is 5.82 Å². The molecule has 1 fully saturated rings. The summed E-state index contributed by atoms with van der Waals surface area (Å²) in [6.07, 6.45) is 0.325. The molecule has 186 valence electrons. The molecule has 1 N–H and O–H groups in total. The number of anilines is 1. The Morgan fingerprint density at radius 1 is 1.32 bits per heavy atom. The van der Waals surface area contributed by atoms with Crippen molar-refractivity contribution < 1.29 is 22.4 Å². The van der Waals surface area contributed by atoms with Gasteiger partial charge in [0.2, 0.25) is 5.91 Å². The third-order valence-corrected chi connectivity index (χ3v) is 10.0. The number of thiophene rings is 1. The predicted molar refractivity (Wildman–Crippen MR) is 134 cm³/mol. The minimum Gasteiger partial charge on any atom is -0.345 e. The SMILES string of the molecule is C[C@@H](CS(=O)(=O)C(C)(C)N[C@H]1CCN(c2ccc(C(=O)N(C)C)cc2F)C1=O)c1ccc(Cl)s1. The second-order valence-corrected chi connectivity index (χ2v) is 13.5. The van der Waals surface area contributed by atoms with E-state index in [-0.39, 0.29) is 35.4 Å². The van der Waals surface area contributed by atoms with Gasteiger partial charge in [0.25, 0.3) is 5.91 Å². The maximum absolute atomic E-state index is 14.8.